The van der Waals surface area contributed by atoms with E-state index < -0.39 is 0 Å². The van der Waals surface area contributed by atoms with Gasteiger partial charge in [0.25, 0.3) is 0 Å². The third-order valence-electron chi connectivity index (χ3n) is 2.92. The Morgan fingerprint density at radius 2 is 2.32 bits per heavy atom. The van der Waals surface area contributed by atoms with Gasteiger partial charge < -0.3 is 9.88 Å². The normalized spacial score (nSPS) is 12.2. The van der Waals surface area contributed by atoms with Crippen molar-refractivity contribution >= 4 is 17.5 Å². The van der Waals surface area contributed by atoms with E-state index in [2.05, 4.69) is 29.9 Å². The van der Waals surface area contributed by atoms with Crippen LogP contribution in [0.4, 0.5) is 5.95 Å². The van der Waals surface area contributed by atoms with Gasteiger partial charge in [-0.2, -0.15) is 0 Å². The van der Waals surface area contributed by atoms with Crippen LogP contribution < -0.4 is 5.32 Å². The molecule has 0 fully saturated rings. The second-order valence-electron chi connectivity index (χ2n) is 4.57. The number of nitrogens with one attached hydrogen (secondary N) is 1. The largest absolute Gasteiger partial charge is 0.349 e. The number of rotatable bonds is 5. The highest BCUT2D eigenvalue weighted by Gasteiger charge is 2.10. The van der Waals surface area contributed by atoms with E-state index in [1.54, 1.807) is 0 Å². The summed E-state index contributed by atoms with van der Waals surface area (Å²) >= 11 is 6.02. The smallest absolute Gasteiger partial charge is 0.203 e. The van der Waals surface area contributed by atoms with Crippen molar-refractivity contribution in [3.63, 3.8) is 0 Å². The molecule has 2 rings (SSSR count). The van der Waals surface area contributed by atoms with Crippen LogP contribution in [0, 0.1) is 6.92 Å². The molecule has 1 heterocycles. The van der Waals surface area contributed by atoms with Crippen LogP contribution in [0.3, 0.4) is 0 Å². The molecule has 0 spiro atoms. The van der Waals surface area contributed by atoms with E-state index in [0.717, 1.165) is 28.8 Å². The Balaban J connectivity index is 2.18. The quantitative estimate of drug-likeness (QED) is 0.829. The number of allylic oxidation sites excluding steroid dienone is 1. The molecule has 100 valence electrons. The van der Waals surface area contributed by atoms with Crippen molar-refractivity contribution in [2.75, 3.05) is 5.32 Å². The molecule has 0 aliphatic carbocycles. The van der Waals surface area contributed by atoms with Gasteiger partial charge in [-0.3, -0.25) is 0 Å². The molecule has 0 aliphatic rings. The summed E-state index contributed by atoms with van der Waals surface area (Å²) in [5, 5.41) is 4.15. The molecule has 4 heteroatoms. The fraction of sp³-hybridized carbons (Fsp3) is 0.267. The van der Waals surface area contributed by atoms with Gasteiger partial charge in [-0.25, -0.2) is 4.98 Å². The van der Waals surface area contributed by atoms with E-state index in [-0.39, 0.29) is 6.04 Å². The summed E-state index contributed by atoms with van der Waals surface area (Å²) < 4.78 is 2.05. The Labute approximate surface area is 118 Å². The summed E-state index contributed by atoms with van der Waals surface area (Å²) in [5.74, 6) is 0.852. The second-order valence-corrected chi connectivity index (χ2v) is 5.00. The maximum absolute atomic E-state index is 6.02. The van der Waals surface area contributed by atoms with Gasteiger partial charge in [0.2, 0.25) is 5.95 Å². The first-order valence-corrected chi connectivity index (χ1v) is 6.64. The molecule has 0 aliphatic heterocycles. The van der Waals surface area contributed by atoms with E-state index in [0.29, 0.717) is 0 Å². The molecule has 0 saturated carbocycles. The first-order chi connectivity index (χ1) is 9.10. The van der Waals surface area contributed by atoms with Crippen molar-refractivity contribution < 1.29 is 0 Å². The number of benzene rings is 1. The molecule has 1 unspecified atom stereocenters. The van der Waals surface area contributed by atoms with E-state index in [1.165, 1.54) is 0 Å². The molecular weight excluding hydrogens is 258 g/mol. The third kappa shape index (κ3) is 3.38. The monoisotopic (exact) mass is 275 g/mol. The van der Waals surface area contributed by atoms with Gasteiger partial charge >= 0.3 is 0 Å². The lowest BCUT2D eigenvalue weighted by Gasteiger charge is -2.16. The molecule has 3 nitrogen and oxygen atoms in total. The number of hydrogen-bond acceptors (Lipinski definition) is 2. The average molecular weight is 276 g/mol. The van der Waals surface area contributed by atoms with Crippen molar-refractivity contribution in [1.29, 1.82) is 0 Å². The van der Waals surface area contributed by atoms with Gasteiger partial charge in [0.05, 0.1) is 11.7 Å². The molecule has 0 saturated heterocycles. The lowest BCUT2D eigenvalue weighted by molar-refractivity contribution is 0.784. The average Bonchev–Trinajstić information content (AvgIpc) is 2.70. The van der Waals surface area contributed by atoms with Gasteiger partial charge in [0.1, 0.15) is 0 Å². The minimum atomic E-state index is 0.143. The zero-order chi connectivity index (χ0) is 13.8. The Morgan fingerprint density at radius 1 is 1.53 bits per heavy atom. The van der Waals surface area contributed by atoms with Crippen LogP contribution in [0.25, 0.3) is 0 Å². The summed E-state index contributed by atoms with van der Waals surface area (Å²) in [5.41, 5.74) is 2.13. The predicted octanol–water partition coefficient (Wildman–Crippen LogP) is 4.20. The number of aromatic nitrogens is 2. The zero-order valence-electron chi connectivity index (χ0n) is 11.2. The van der Waals surface area contributed by atoms with Crippen LogP contribution in [0.5, 0.6) is 0 Å². The van der Waals surface area contributed by atoms with Crippen LogP contribution >= 0.6 is 11.6 Å². The minimum absolute atomic E-state index is 0.143. The summed E-state index contributed by atoms with van der Waals surface area (Å²) in [6.45, 7) is 8.58. The maximum atomic E-state index is 6.02. The van der Waals surface area contributed by atoms with Gasteiger partial charge in [-0.05, 0) is 31.5 Å². The van der Waals surface area contributed by atoms with Crippen molar-refractivity contribution in [2.24, 2.45) is 0 Å². The molecule has 0 bridgehead atoms. The Hall–Kier alpha value is -1.74. The van der Waals surface area contributed by atoms with Crippen LogP contribution in [0.1, 0.15) is 24.2 Å². The fourth-order valence-corrected chi connectivity index (χ4v) is 2.19. The Bertz CT molecular complexity index is 575. The van der Waals surface area contributed by atoms with E-state index in [4.69, 9.17) is 11.6 Å². The SMILES string of the molecule is C=CCn1cc(C)nc1NC(C)c1cccc(Cl)c1. The second kappa shape index (κ2) is 5.93. The summed E-state index contributed by atoms with van der Waals surface area (Å²) in [4.78, 5) is 4.49. The third-order valence-corrected chi connectivity index (χ3v) is 3.15. The van der Waals surface area contributed by atoms with Crippen LogP contribution in [-0.2, 0) is 6.54 Å². The first kappa shape index (κ1) is 13.7. The number of halogens is 1. The highest BCUT2D eigenvalue weighted by Crippen LogP contribution is 2.21. The maximum Gasteiger partial charge on any atom is 0.203 e. The fourth-order valence-electron chi connectivity index (χ4n) is 1.99. The highest BCUT2D eigenvalue weighted by atomic mass is 35.5. The van der Waals surface area contributed by atoms with Crippen LogP contribution in [0.2, 0.25) is 5.02 Å². The van der Waals surface area contributed by atoms with Crippen molar-refractivity contribution in [1.82, 2.24) is 9.55 Å². The topological polar surface area (TPSA) is 29.9 Å². The molecule has 19 heavy (non-hydrogen) atoms. The lowest BCUT2D eigenvalue weighted by atomic mass is 10.1. The van der Waals surface area contributed by atoms with Gasteiger partial charge in [0, 0.05) is 17.8 Å². The van der Waals surface area contributed by atoms with E-state index >= 15 is 0 Å². The lowest BCUT2D eigenvalue weighted by Crippen LogP contribution is -2.11. The number of anilines is 1. The molecule has 1 N–H and O–H groups in total. The summed E-state index contributed by atoms with van der Waals surface area (Å²) in [7, 11) is 0. The Kier molecular flexibility index (Phi) is 4.27. The Morgan fingerprint density at radius 3 is 3.00 bits per heavy atom. The van der Waals surface area contributed by atoms with Crippen molar-refractivity contribution in [3.05, 3.63) is 59.4 Å². The van der Waals surface area contributed by atoms with E-state index in [1.807, 2.05) is 42.0 Å². The van der Waals surface area contributed by atoms with Crippen LogP contribution in [-0.4, -0.2) is 9.55 Å². The molecule has 0 amide bonds. The van der Waals surface area contributed by atoms with E-state index in [9.17, 15) is 0 Å². The molecule has 0 radical (unpaired) electrons. The number of nitrogens with zero attached hydrogens (tertiary/aromatic N) is 2. The summed E-state index contributed by atoms with van der Waals surface area (Å²) in [6.07, 6.45) is 3.87. The van der Waals surface area contributed by atoms with Crippen LogP contribution in [0.15, 0.2) is 43.1 Å². The molecule has 2 aromatic rings. The summed E-state index contributed by atoms with van der Waals surface area (Å²) in [6, 6.07) is 7.99. The standard InChI is InChI=1S/C15H18ClN3/c1-4-8-19-10-11(2)17-15(19)18-12(3)13-6-5-7-14(16)9-13/h4-7,9-10,12H,1,8H2,2-3H3,(H,17,18). The highest BCUT2D eigenvalue weighted by molar-refractivity contribution is 6.30. The van der Waals surface area contributed by atoms with Crippen molar-refractivity contribution in [3.8, 4) is 0 Å². The van der Waals surface area contributed by atoms with Gasteiger partial charge in [-0.15, -0.1) is 6.58 Å². The predicted molar refractivity (Wildman–Crippen MR) is 80.7 cm³/mol. The molecular formula is C15H18ClN3. The zero-order valence-corrected chi connectivity index (χ0v) is 12.0. The molecule has 1 aromatic heterocycles. The van der Waals surface area contributed by atoms with Gasteiger partial charge in [-0.1, -0.05) is 29.8 Å². The number of imidazole rings is 1. The molecule has 1 aromatic carbocycles. The minimum Gasteiger partial charge on any atom is -0.349 e. The number of hydrogen-bond donors (Lipinski definition) is 1. The van der Waals surface area contributed by atoms with Crippen molar-refractivity contribution in [2.45, 2.75) is 26.4 Å². The molecule has 1 atom stereocenters. The number of aryl methyl sites for hydroxylation is 1. The van der Waals surface area contributed by atoms with Gasteiger partial charge in [0.15, 0.2) is 0 Å². The first-order valence-electron chi connectivity index (χ1n) is 6.27.